The third-order valence-electron chi connectivity index (χ3n) is 6.19. The van der Waals surface area contributed by atoms with Crippen molar-refractivity contribution in [3.8, 4) is 11.5 Å². The van der Waals surface area contributed by atoms with Crippen molar-refractivity contribution < 1.29 is 14.6 Å². The number of ether oxygens (including phenoxy) is 1. The molecular formula is C26H23ClN2O3. The van der Waals surface area contributed by atoms with Gasteiger partial charge in [-0.25, -0.2) is 0 Å². The molecule has 3 N–H and O–H groups in total. The topological polar surface area (TPSA) is 70.6 Å². The van der Waals surface area contributed by atoms with Crippen LogP contribution in [-0.2, 0) is 4.79 Å². The van der Waals surface area contributed by atoms with Crippen LogP contribution in [0, 0.1) is 0 Å². The van der Waals surface area contributed by atoms with Crippen LogP contribution in [0.15, 0.2) is 78.0 Å². The quantitative estimate of drug-likeness (QED) is 0.458. The summed E-state index contributed by atoms with van der Waals surface area (Å²) in [6.07, 6.45) is 1.12. The Balaban J connectivity index is 1.60. The number of phenolic OH excluding ortho intramolecular Hbond substituents is 1. The van der Waals surface area contributed by atoms with Gasteiger partial charge in [0, 0.05) is 22.7 Å². The van der Waals surface area contributed by atoms with Gasteiger partial charge in [-0.1, -0.05) is 41.9 Å². The number of carbonyl (C=O) groups excluding carboxylic acids is 1. The molecule has 0 spiro atoms. The Morgan fingerprint density at radius 1 is 0.969 bits per heavy atom. The highest BCUT2D eigenvalue weighted by Gasteiger charge is 2.36. The van der Waals surface area contributed by atoms with Crippen LogP contribution in [-0.4, -0.2) is 18.0 Å². The van der Waals surface area contributed by atoms with Gasteiger partial charge in [0.25, 0.3) is 0 Å². The number of ketones is 1. The lowest BCUT2D eigenvalue weighted by atomic mass is 9.78. The fourth-order valence-corrected chi connectivity index (χ4v) is 4.73. The van der Waals surface area contributed by atoms with E-state index >= 15 is 0 Å². The molecule has 0 amide bonds. The Kier molecular flexibility index (Phi) is 5.27. The van der Waals surface area contributed by atoms with Crippen LogP contribution in [0.2, 0.25) is 5.02 Å². The first-order valence-electron chi connectivity index (χ1n) is 10.5. The standard InChI is InChI=1S/C26H23ClN2O3/c1-32-24-11-8-16(13-22(24)30)26-25-21(28-19-4-2-3-5-20(19)29-26)12-17(14-23(25)31)15-6-9-18(27)10-7-15/h2-11,13,17,26,28-30H,12,14H2,1H3/t17-,26-/m1/s1. The number of Topliss-reactive ketones (excluding diaryl/α,β-unsaturated/α-hetero) is 1. The predicted octanol–water partition coefficient (Wildman–Crippen LogP) is 6.03. The summed E-state index contributed by atoms with van der Waals surface area (Å²) < 4.78 is 5.20. The van der Waals surface area contributed by atoms with Gasteiger partial charge in [0.05, 0.1) is 24.5 Å². The second kappa shape index (κ2) is 8.24. The van der Waals surface area contributed by atoms with E-state index in [2.05, 4.69) is 10.6 Å². The summed E-state index contributed by atoms with van der Waals surface area (Å²) in [6, 6.07) is 20.5. The van der Waals surface area contributed by atoms with Gasteiger partial charge in [-0.05, 0) is 59.9 Å². The van der Waals surface area contributed by atoms with E-state index in [-0.39, 0.29) is 17.5 Å². The largest absolute Gasteiger partial charge is 0.504 e. The molecule has 2 aliphatic rings. The lowest BCUT2D eigenvalue weighted by molar-refractivity contribution is -0.116. The highest BCUT2D eigenvalue weighted by atomic mass is 35.5. The van der Waals surface area contributed by atoms with E-state index in [1.54, 1.807) is 12.1 Å². The van der Waals surface area contributed by atoms with Crippen LogP contribution in [0.1, 0.15) is 35.9 Å². The molecule has 32 heavy (non-hydrogen) atoms. The van der Waals surface area contributed by atoms with Gasteiger partial charge in [0.15, 0.2) is 17.3 Å². The number of para-hydroxylation sites is 2. The predicted molar refractivity (Wildman–Crippen MR) is 127 cm³/mol. The molecule has 1 heterocycles. The van der Waals surface area contributed by atoms with Gasteiger partial charge < -0.3 is 20.5 Å². The maximum absolute atomic E-state index is 13.5. The van der Waals surface area contributed by atoms with Gasteiger partial charge in [0.1, 0.15) is 0 Å². The van der Waals surface area contributed by atoms with Gasteiger partial charge >= 0.3 is 0 Å². The molecule has 5 nitrogen and oxygen atoms in total. The van der Waals surface area contributed by atoms with Crippen LogP contribution in [0.5, 0.6) is 11.5 Å². The van der Waals surface area contributed by atoms with Crippen LogP contribution in [0.25, 0.3) is 0 Å². The lowest BCUT2D eigenvalue weighted by Crippen LogP contribution is -2.26. The number of halogens is 1. The molecular weight excluding hydrogens is 424 g/mol. The molecule has 1 aliphatic carbocycles. The van der Waals surface area contributed by atoms with Crippen LogP contribution in [0.4, 0.5) is 11.4 Å². The number of aromatic hydroxyl groups is 1. The number of hydrogen-bond donors (Lipinski definition) is 3. The molecule has 0 saturated carbocycles. The van der Waals surface area contributed by atoms with E-state index in [0.29, 0.717) is 29.2 Å². The van der Waals surface area contributed by atoms with Gasteiger partial charge in [0.2, 0.25) is 0 Å². The number of allylic oxidation sites excluding steroid dienone is 1. The van der Waals surface area contributed by atoms with Crippen LogP contribution >= 0.6 is 11.6 Å². The van der Waals surface area contributed by atoms with Gasteiger partial charge in [-0.2, -0.15) is 0 Å². The Labute approximate surface area is 191 Å². The Morgan fingerprint density at radius 2 is 1.69 bits per heavy atom. The van der Waals surface area contributed by atoms with E-state index in [9.17, 15) is 9.90 Å². The van der Waals surface area contributed by atoms with Crippen LogP contribution < -0.4 is 15.4 Å². The summed E-state index contributed by atoms with van der Waals surface area (Å²) in [7, 11) is 1.51. The van der Waals surface area contributed by atoms with Gasteiger partial charge in [-0.15, -0.1) is 0 Å². The zero-order valence-electron chi connectivity index (χ0n) is 17.6. The number of rotatable bonds is 3. The highest BCUT2D eigenvalue weighted by Crippen LogP contribution is 2.45. The minimum absolute atomic E-state index is 0.0433. The third-order valence-corrected chi connectivity index (χ3v) is 6.44. The average Bonchev–Trinajstić information content (AvgIpc) is 2.96. The zero-order valence-corrected chi connectivity index (χ0v) is 18.3. The van der Waals surface area contributed by atoms with E-state index in [1.165, 1.54) is 7.11 Å². The summed E-state index contributed by atoms with van der Waals surface area (Å²) in [5.41, 5.74) is 5.32. The Bertz CT molecular complexity index is 1220. The average molecular weight is 447 g/mol. The summed E-state index contributed by atoms with van der Waals surface area (Å²) in [4.78, 5) is 13.5. The van der Waals surface area contributed by atoms with Crippen LogP contribution in [0.3, 0.4) is 0 Å². The van der Waals surface area contributed by atoms with E-state index < -0.39 is 6.04 Å². The van der Waals surface area contributed by atoms with Gasteiger partial charge in [-0.3, -0.25) is 4.79 Å². The van der Waals surface area contributed by atoms with E-state index in [1.807, 2.05) is 54.6 Å². The van der Waals surface area contributed by atoms with Crippen molar-refractivity contribution in [1.29, 1.82) is 0 Å². The minimum Gasteiger partial charge on any atom is -0.504 e. The second-order valence-corrected chi connectivity index (χ2v) is 8.59. The molecule has 0 fully saturated rings. The fraction of sp³-hybridized carbons (Fsp3) is 0.192. The first kappa shape index (κ1) is 20.5. The minimum atomic E-state index is -0.392. The summed E-state index contributed by atoms with van der Waals surface area (Å²) in [5, 5.41) is 18.1. The summed E-state index contributed by atoms with van der Waals surface area (Å²) in [5.74, 6) is 0.593. The third kappa shape index (κ3) is 3.69. The first-order chi connectivity index (χ1) is 15.5. The van der Waals surface area contributed by atoms with E-state index in [4.69, 9.17) is 16.3 Å². The Morgan fingerprint density at radius 3 is 2.41 bits per heavy atom. The second-order valence-electron chi connectivity index (χ2n) is 8.15. The van der Waals surface area contributed by atoms with Crippen molar-refractivity contribution >= 4 is 28.8 Å². The van der Waals surface area contributed by atoms with Crippen molar-refractivity contribution in [3.63, 3.8) is 0 Å². The van der Waals surface area contributed by atoms with Crippen molar-refractivity contribution in [2.45, 2.75) is 24.8 Å². The monoisotopic (exact) mass is 446 g/mol. The molecule has 0 bridgehead atoms. The number of nitrogens with one attached hydrogen (secondary N) is 2. The van der Waals surface area contributed by atoms with Crippen molar-refractivity contribution in [2.75, 3.05) is 17.7 Å². The normalized spacial score (nSPS) is 19.9. The molecule has 0 radical (unpaired) electrons. The Hall–Kier alpha value is -3.44. The molecule has 1 aliphatic heterocycles. The van der Waals surface area contributed by atoms with Crippen molar-refractivity contribution in [2.24, 2.45) is 0 Å². The zero-order chi connectivity index (χ0) is 22.2. The maximum atomic E-state index is 13.5. The summed E-state index contributed by atoms with van der Waals surface area (Å²) in [6.45, 7) is 0. The molecule has 6 heteroatoms. The number of benzene rings is 3. The summed E-state index contributed by atoms with van der Waals surface area (Å²) >= 11 is 6.06. The lowest BCUT2D eigenvalue weighted by Gasteiger charge is -2.30. The molecule has 0 saturated heterocycles. The molecule has 5 rings (SSSR count). The number of fused-ring (bicyclic) bond motifs is 1. The molecule has 0 unspecified atom stereocenters. The fourth-order valence-electron chi connectivity index (χ4n) is 4.60. The highest BCUT2D eigenvalue weighted by molar-refractivity contribution is 6.30. The van der Waals surface area contributed by atoms with E-state index in [0.717, 1.165) is 28.2 Å². The first-order valence-corrected chi connectivity index (χ1v) is 10.9. The molecule has 162 valence electrons. The van der Waals surface area contributed by atoms with Crippen molar-refractivity contribution in [1.82, 2.24) is 0 Å². The smallest absolute Gasteiger partial charge is 0.163 e. The number of hydrogen-bond acceptors (Lipinski definition) is 5. The number of methoxy groups -OCH3 is 1. The molecule has 3 aromatic carbocycles. The molecule has 2 atom stereocenters. The SMILES string of the molecule is COc1ccc([C@H]2Nc3ccccc3NC3=C2C(=O)C[C@H](c2ccc(Cl)cc2)C3)cc1O. The van der Waals surface area contributed by atoms with Crippen molar-refractivity contribution in [3.05, 3.63) is 94.1 Å². The number of carbonyl (C=O) groups is 1. The molecule has 0 aromatic heterocycles. The maximum Gasteiger partial charge on any atom is 0.163 e. The number of phenols is 1. The number of anilines is 2. The molecule has 3 aromatic rings.